The van der Waals surface area contributed by atoms with Crippen molar-refractivity contribution in [2.75, 3.05) is 0 Å². The van der Waals surface area contributed by atoms with Crippen molar-refractivity contribution in [1.82, 2.24) is 10.2 Å². The molecule has 0 bridgehead atoms. The first-order valence-corrected chi connectivity index (χ1v) is 5.88. The van der Waals surface area contributed by atoms with Crippen molar-refractivity contribution < 1.29 is 28.2 Å². The Bertz CT molecular complexity index is 682. The van der Waals surface area contributed by atoms with Crippen LogP contribution < -0.4 is 0 Å². The van der Waals surface area contributed by atoms with E-state index in [0.717, 1.165) is 12.1 Å². The fraction of sp³-hybridized carbons (Fsp3) is 0.0909. The highest BCUT2D eigenvalue weighted by molar-refractivity contribution is 9.10. The van der Waals surface area contributed by atoms with Crippen molar-refractivity contribution in [3.63, 3.8) is 0 Å². The highest BCUT2D eigenvalue weighted by Crippen LogP contribution is 2.41. The summed E-state index contributed by atoms with van der Waals surface area (Å²) < 4.78 is 38.8. The molecule has 1 aromatic heterocycles. The van der Waals surface area contributed by atoms with Gasteiger partial charge in [0.05, 0.1) is 15.7 Å². The first-order valence-electron chi connectivity index (χ1n) is 5.09. The number of aromatic carboxylic acids is 1. The number of carbonyl (C=O) groups is 1. The molecule has 0 spiro atoms. The van der Waals surface area contributed by atoms with Crippen molar-refractivity contribution >= 4 is 21.9 Å². The molecule has 106 valence electrons. The van der Waals surface area contributed by atoms with Crippen molar-refractivity contribution in [2.24, 2.45) is 0 Å². The van der Waals surface area contributed by atoms with Gasteiger partial charge in [0.15, 0.2) is 0 Å². The van der Waals surface area contributed by atoms with Crippen molar-refractivity contribution in [3.8, 4) is 17.0 Å². The number of nitrogens with zero attached hydrogens (tertiary/aromatic N) is 1. The largest absolute Gasteiger partial charge is 0.507 e. The smallest absolute Gasteiger partial charge is 0.417 e. The number of alkyl halides is 3. The number of aromatic hydroxyl groups is 1. The van der Waals surface area contributed by atoms with Gasteiger partial charge in [-0.05, 0) is 34.1 Å². The number of carboxylic acid groups (broad SMARTS) is 1. The normalized spacial score (nSPS) is 11.6. The minimum absolute atomic E-state index is 0.0420. The maximum Gasteiger partial charge on any atom is 0.417 e. The molecule has 0 aliphatic carbocycles. The first kappa shape index (κ1) is 14.4. The molecule has 0 amide bonds. The average Bonchev–Trinajstić information content (AvgIpc) is 2.80. The van der Waals surface area contributed by atoms with Gasteiger partial charge in [-0.2, -0.15) is 18.3 Å². The fourth-order valence-electron chi connectivity index (χ4n) is 1.58. The van der Waals surface area contributed by atoms with Crippen LogP contribution in [0.1, 0.15) is 16.1 Å². The SMILES string of the molecule is O=C(O)c1cc(-c2cc(Br)c(O)cc2C(F)(F)F)n[nH]1. The second-order valence-electron chi connectivity index (χ2n) is 3.82. The molecule has 0 fully saturated rings. The lowest BCUT2D eigenvalue weighted by Gasteiger charge is -2.12. The second kappa shape index (κ2) is 4.82. The van der Waals surface area contributed by atoms with Crippen LogP contribution in [0.3, 0.4) is 0 Å². The first-order chi connectivity index (χ1) is 9.20. The Hall–Kier alpha value is -2.03. The number of phenolic OH excluding ortho intramolecular Hbond substituents is 1. The summed E-state index contributed by atoms with van der Waals surface area (Å²) in [6.07, 6.45) is -4.71. The molecular formula is C11H6BrF3N2O3. The van der Waals surface area contributed by atoms with E-state index in [1.54, 1.807) is 0 Å². The molecule has 0 atom stereocenters. The van der Waals surface area contributed by atoms with Crippen molar-refractivity contribution in [2.45, 2.75) is 6.18 Å². The molecular weight excluding hydrogens is 345 g/mol. The predicted octanol–water partition coefficient (Wildman–Crippen LogP) is 3.26. The monoisotopic (exact) mass is 350 g/mol. The van der Waals surface area contributed by atoms with E-state index in [1.165, 1.54) is 0 Å². The van der Waals surface area contributed by atoms with E-state index in [-0.39, 0.29) is 21.4 Å². The standard InChI is InChI=1S/C11H6BrF3N2O3/c12-6-1-4(5(2-9(6)18)11(13,14)15)7-3-8(10(19)20)17-16-7/h1-3,18H,(H,16,17)(H,19,20). The molecule has 5 nitrogen and oxygen atoms in total. The van der Waals surface area contributed by atoms with Gasteiger partial charge in [-0.3, -0.25) is 5.10 Å². The Labute approximate surface area is 118 Å². The number of aromatic amines is 1. The summed E-state index contributed by atoms with van der Waals surface area (Å²) in [6.45, 7) is 0. The summed E-state index contributed by atoms with van der Waals surface area (Å²) in [4.78, 5) is 10.7. The van der Waals surface area contributed by atoms with Gasteiger partial charge in [0, 0.05) is 5.56 Å². The highest BCUT2D eigenvalue weighted by Gasteiger charge is 2.35. The van der Waals surface area contributed by atoms with Crippen molar-refractivity contribution in [3.05, 3.63) is 33.9 Å². The van der Waals surface area contributed by atoms with Gasteiger partial charge in [-0.1, -0.05) is 0 Å². The molecule has 0 radical (unpaired) electrons. The number of rotatable bonds is 2. The van der Waals surface area contributed by atoms with E-state index in [4.69, 9.17) is 5.11 Å². The summed E-state index contributed by atoms with van der Waals surface area (Å²) in [5.74, 6) is -1.91. The van der Waals surface area contributed by atoms with Gasteiger partial charge in [-0.25, -0.2) is 4.79 Å². The maximum atomic E-state index is 12.9. The number of aromatic nitrogens is 2. The number of hydrogen-bond donors (Lipinski definition) is 3. The minimum Gasteiger partial charge on any atom is -0.507 e. The Morgan fingerprint density at radius 1 is 1.30 bits per heavy atom. The summed E-state index contributed by atoms with van der Waals surface area (Å²) in [7, 11) is 0. The van der Waals surface area contributed by atoms with Gasteiger partial charge in [0.1, 0.15) is 11.4 Å². The van der Waals surface area contributed by atoms with Gasteiger partial charge >= 0.3 is 12.1 Å². The van der Waals surface area contributed by atoms with Crippen LogP contribution in [0.5, 0.6) is 5.75 Å². The Kier molecular flexibility index (Phi) is 3.46. The molecule has 9 heteroatoms. The third-order valence-electron chi connectivity index (χ3n) is 2.48. The van der Waals surface area contributed by atoms with Crippen LogP contribution in [0, 0.1) is 0 Å². The number of carboxylic acids is 1. The number of phenols is 1. The molecule has 0 saturated heterocycles. The third-order valence-corrected chi connectivity index (χ3v) is 3.11. The van der Waals surface area contributed by atoms with E-state index in [0.29, 0.717) is 6.07 Å². The van der Waals surface area contributed by atoms with Gasteiger partial charge in [-0.15, -0.1) is 0 Å². The van der Waals surface area contributed by atoms with E-state index in [9.17, 15) is 23.1 Å². The summed E-state index contributed by atoms with van der Waals surface area (Å²) in [5.41, 5.74) is -1.97. The van der Waals surface area contributed by atoms with Gasteiger partial charge in [0.25, 0.3) is 0 Å². The van der Waals surface area contributed by atoms with Crippen LogP contribution >= 0.6 is 15.9 Å². The van der Waals surface area contributed by atoms with E-state index >= 15 is 0 Å². The van der Waals surface area contributed by atoms with Crippen LogP contribution in [-0.4, -0.2) is 26.4 Å². The lowest BCUT2D eigenvalue weighted by atomic mass is 10.0. The van der Waals surface area contributed by atoms with Crippen LogP contribution in [-0.2, 0) is 6.18 Å². The zero-order valence-electron chi connectivity index (χ0n) is 9.49. The van der Waals surface area contributed by atoms with Crippen LogP contribution in [0.15, 0.2) is 22.7 Å². The van der Waals surface area contributed by atoms with Crippen LogP contribution in [0.25, 0.3) is 11.3 Å². The zero-order valence-corrected chi connectivity index (χ0v) is 11.1. The molecule has 0 aliphatic heterocycles. The molecule has 3 N–H and O–H groups in total. The van der Waals surface area contributed by atoms with Crippen LogP contribution in [0.2, 0.25) is 0 Å². The molecule has 0 saturated carbocycles. The number of nitrogens with one attached hydrogen (secondary N) is 1. The fourth-order valence-corrected chi connectivity index (χ4v) is 1.92. The highest BCUT2D eigenvalue weighted by atomic mass is 79.9. The summed E-state index contributed by atoms with van der Waals surface area (Å²) in [5, 5.41) is 23.8. The van der Waals surface area contributed by atoms with E-state index in [1.807, 2.05) is 0 Å². The number of H-pyrrole nitrogens is 1. The summed E-state index contributed by atoms with van der Waals surface area (Å²) >= 11 is 2.91. The summed E-state index contributed by atoms with van der Waals surface area (Å²) in [6, 6.07) is 2.56. The molecule has 20 heavy (non-hydrogen) atoms. The quantitative estimate of drug-likeness (QED) is 0.775. The van der Waals surface area contributed by atoms with Crippen LogP contribution in [0.4, 0.5) is 13.2 Å². The molecule has 2 aromatic rings. The average molecular weight is 351 g/mol. The minimum atomic E-state index is -4.71. The zero-order chi connectivity index (χ0) is 15.1. The topological polar surface area (TPSA) is 86.2 Å². The molecule has 0 unspecified atom stereocenters. The lowest BCUT2D eigenvalue weighted by molar-refractivity contribution is -0.137. The number of benzene rings is 1. The van der Waals surface area contributed by atoms with Gasteiger partial charge in [0.2, 0.25) is 0 Å². The lowest BCUT2D eigenvalue weighted by Crippen LogP contribution is -2.07. The Morgan fingerprint density at radius 3 is 2.45 bits per heavy atom. The predicted molar refractivity (Wildman–Crippen MR) is 65.3 cm³/mol. The Balaban J connectivity index is 2.65. The molecule has 1 heterocycles. The second-order valence-corrected chi connectivity index (χ2v) is 4.67. The number of hydrogen-bond acceptors (Lipinski definition) is 3. The molecule has 1 aromatic carbocycles. The molecule has 2 rings (SSSR count). The van der Waals surface area contributed by atoms with Gasteiger partial charge < -0.3 is 10.2 Å². The maximum absolute atomic E-state index is 12.9. The third kappa shape index (κ3) is 2.62. The van der Waals surface area contributed by atoms with E-state index in [2.05, 4.69) is 26.1 Å². The van der Waals surface area contributed by atoms with Crippen molar-refractivity contribution in [1.29, 1.82) is 0 Å². The Morgan fingerprint density at radius 2 is 1.95 bits per heavy atom. The number of halogens is 4. The molecule has 0 aliphatic rings. The van der Waals surface area contributed by atoms with E-state index < -0.39 is 23.5 Å².